The van der Waals surface area contributed by atoms with Crippen molar-refractivity contribution in [3.05, 3.63) is 46.7 Å². The molecular weight excluding hydrogens is 240 g/mol. The Labute approximate surface area is 115 Å². The molecule has 0 amide bonds. The minimum absolute atomic E-state index is 0.0914. The van der Waals surface area contributed by atoms with Crippen molar-refractivity contribution in [3.63, 3.8) is 0 Å². The third-order valence-electron chi connectivity index (χ3n) is 2.92. The predicted molar refractivity (Wildman–Crippen MR) is 75.9 cm³/mol. The molecule has 0 saturated heterocycles. The van der Waals surface area contributed by atoms with Crippen molar-refractivity contribution >= 4 is 5.97 Å². The van der Waals surface area contributed by atoms with Crippen LogP contribution in [0.15, 0.2) is 24.5 Å². The predicted octanol–water partition coefficient (Wildman–Crippen LogP) is 3.77. The largest absolute Gasteiger partial charge is 0.493 e. The summed E-state index contributed by atoms with van der Waals surface area (Å²) < 4.78 is 10.4. The standard InChI is InChI=1S/C16H22O3/c1-6-18-15(17)7-8-19-14(5)16-12(3)9-11(2)10-13(16)4/h7-10,14H,6H2,1-5H3/t14-/m1/s1. The molecule has 0 aromatic heterocycles. The zero-order valence-corrected chi connectivity index (χ0v) is 12.3. The third kappa shape index (κ3) is 4.43. The average Bonchev–Trinajstić information content (AvgIpc) is 2.27. The van der Waals surface area contributed by atoms with E-state index in [-0.39, 0.29) is 12.1 Å². The summed E-state index contributed by atoms with van der Waals surface area (Å²) in [4.78, 5) is 11.2. The van der Waals surface area contributed by atoms with Crippen LogP contribution in [0.1, 0.15) is 42.2 Å². The second kappa shape index (κ2) is 6.98. The molecule has 0 saturated carbocycles. The van der Waals surface area contributed by atoms with Gasteiger partial charge in [0.2, 0.25) is 0 Å². The van der Waals surface area contributed by atoms with Crippen molar-refractivity contribution < 1.29 is 14.3 Å². The second-order valence-electron chi connectivity index (χ2n) is 4.65. The summed E-state index contributed by atoms with van der Waals surface area (Å²) in [5.41, 5.74) is 4.82. The van der Waals surface area contributed by atoms with E-state index in [4.69, 9.17) is 9.47 Å². The zero-order valence-electron chi connectivity index (χ0n) is 12.3. The van der Waals surface area contributed by atoms with Crippen LogP contribution in [0.25, 0.3) is 0 Å². The molecule has 1 rings (SSSR count). The molecule has 0 aliphatic rings. The Kier molecular flexibility index (Phi) is 5.61. The topological polar surface area (TPSA) is 35.5 Å². The van der Waals surface area contributed by atoms with Crippen molar-refractivity contribution in [2.24, 2.45) is 0 Å². The van der Waals surface area contributed by atoms with Crippen LogP contribution in [-0.2, 0) is 14.3 Å². The summed E-state index contributed by atoms with van der Waals surface area (Å²) in [6.07, 6.45) is 2.62. The van der Waals surface area contributed by atoms with Crippen LogP contribution < -0.4 is 0 Å². The molecule has 0 fully saturated rings. The maximum Gasteiger partial charge on any atom is 0.333 e. The SMILES string of the molecule is CCOC(=O)C=CO[C@H](C)c1c(C)cc(C)cc1C. The number of hydrogen-bond acceptors (Lipinski definition) is 3. The first-order chi connectivity index (χ1) is 8.95. The minimum Gasteiger partial charge on any atom is -0.493 e. The van der Waals surface area contributed by atoms with Gasteiger partial charge in [-0.05, 0) is 51.3 Å². The molecule has 0 bridgehead atoms. The number of carbonyl (C=O) groups is 1. The van der Waals surface area contributed by atoms with Crippen molar-refractivity contribution in [1.82, 2.24) is 0 Å². The number of carbonyl (C=O) groups excluding carboxylic acids is 1. The first-order valence-electron chi connectivity index (χ1n) is 6.52. The van der Waals surface area contributed by atoms with E-state index in [9.17, 15) is 4.79 Å². The molecule has 0 radical (unpaired) electrons. The zero-order chi connectivity index (χ0) is 14.4. The van der Waals surface area contributed by atoms with Gasteiger partial charge < -0.3 is 9.47 Å². The van der Waals surface area contributed by atoms with Gasteiger partial charge in [-0.3, -0.25) is 0 Å². The minimum atomic E-state index is -0.382. The van der Waals surface area contributed by atoms with Gasteiger partial charge in [-0.15, -0.1) is 0 Å². The third-order valence-corrected chi connectivity index (χ3v) is 2.92. The number of benzene rings is 1. The lowest BCUT2D eigenvalue weighted by Gasteiger charge is -2.18. The van der Waals surface area contributed by atoms with E-state index in [1.807, 2.05) is 6.92 Å². The van der Waals surface area contributed by atoms with E-state index in [1.165, 1.54) is 34.6 Å². The highest BCUT2D eigenvalue weighted by Gasteiger charge is 2.12. The number of ether oxygens (including phenoxy) is 2. The fraction of sp³-hybridized carbons (Fsp3) is 0.438. The van der Waals surface area contributed by atoms with Crippen LogP contribution in [-0.4, -0.2) is 12.6 Å². The maximum absolute atomic E-state index is 11.2. The lowest BCUT2D eigenvalue weighted by atomic mass is 9.96. The summed E-state index contributed by atoms with van der Waals surface area (Å²) in [6.45, 7) is 10.3. The number of esters is 1. The van der Waals surface area contributed by atoms with Gasteiger partial charge in [-0.1, -0.05) is 17.7 Å². The first kappa shape index (κ1) is 15.3. The molecule has 0 aliphatic carbocycles. The number of aryl methyl sites for hydroxylation is 3. The molecule has 1 atom stereocenters. The fourth-order valence-electron chi connectivity index (χ4n) is 2.30. The fourth-order valence-corrected chi connectivity index (χ4v) is 2.30. The lowest BCUT2D eigenvalue weighted by molar-refractivity contribution is -0.137. The Hall–Kier alpha value is -1.77. The molecule has 3 nitrogen and oxygen atoms in total. The summed E-state index contributed by atoms with van der Waals surface area (Å²) in [6, 6.07) is 4.27. The van der Waals surface area contributed by atoms with Crippen LogP contribution in [0, 0.1) is 20.8 Å². The van der Waals surface area contributed by atoms with Crippen LogP contribution in [0.5, 0.6) is 0 Å². The first-order valence-corrected chi connectivity index (χ1v) is 6.52. The number of rotatable bonds is 5. The molecule has 0 N–H and O–H groups in total. The lowest BCUT2D eigenvalue weighted by Crippen LogP contribution is -2.03. The Bertz CT molecular complexity index is 452. The van der Waals surface area contributed by atoms with E-state index in [0.29, 0.717) is 6.61 Å². The molecule has 0 aliphatic heterocycles. The molecule has 104 valence electrons. The molecule has 0 heterocycles. The quantitative estimate of drug-likeness (QED) is 0.460. The van der Waals surface area contributed by atoms with Gasteiger partial charge in [-0.2, -0.15) is 0 Å². The monoisotopic (exact) mass is 262 g/mol. The molecule has 19 heavy (non-hydrogen) atoms. The highest BCUT2D eigenvalue weighted by molar-refractivity contribution is 5.81. The van der Waals surface area contributed by atoms with E-state index < -0.39 is 0 Å². The van der Waals surface area contributed by atoms with E-state index in [1.54, 1.807) is 6.92 Å². The van der Waals surface area contributed by atoms with Crippen LogP contribution in [0.3, 0.4) is 0 Å². The summed E-state index contributed by atoms with van der Waals surface area (Å²) in [5.74, 6) is -0.382. The second-order valence-corrected chi connectivity index (χ2v) is 4.65. The van der Waals surface area contributed by atoms with Crippen molar-refractivity contribution in [2.75, 3.05) is 6.61 Å². The average molecular weight is 262 g/mol. The Morgan fingerprint density at radius 3 is 2.37 bits per heavy atom. The van der Waals surface area contributed by atoms with E-state index >= 15 is 0 Å². The van der Waals surface area contributed by atoms with Gasteiger partial charge in [-0.25, -0.2) is 4.79 Å². The summed E-state index contributed by atoms with van der Waals surface area (Å²) >= 11 is 0. The molecule has 0 unspecified atom stereocenters. The Morgan fingerprint density at radius 1 is 1.26 bits per heavy atom. The van der Waals surface area contributed by atoms with Crippen molar-refractivity contribution in [3.8, 4) is 0 Å². The van der Waals surface area contributed by atoms with E-state index in [0.717, 1.165) is 0 Å². The van der Waals surface area contributed by atoms with Crippen LogP contribution in [0.2, 0.25) is 0 Å². The molecular formula is C16H22O3. The smallest absolute Gasteiger partial charge is 0.333 e. The van der Waals surface area contributed by atoms with E-state index in [2.05, 4.69) is 32.9 Å². The Morgan fingerprint density at radius 2 is 1.84 bits per heavy atom. The van der Waals surface area contributed by atoms with Gasteiger partial charge >= 0.3 is 5.97 Å². The maximum atomic E-state index is 11.2. The van der Waals surface area contributed by atoms with Gasteiger partial charge in [0, 0.05) is 0 Å². The van der Waals surface area contributed by atoms with Gasteiger partial charge in [0.1, 0.15) is 6.10 Å². The highest BCUT2D eigenvalue weighted by Crippen LogP contribution is 2.25. The van der Waals surface area contributed by atoms with Crippen LogP contribution >= 0.6 is 0 Å². The molecule has 1 aromatic rings. The highest BCUT2D eigenvalue weighted by atomic mass is 16.5. The van der Waals surface area contributed by atoms with Crippen LogP contribution in [0.4, 0.5) is 0 Å². The Balaban J connectivity index is 2.74. The molecule has 1 aromatic carbocycles. The molecule has 3 heteroatoms. The normalized spacial score (nSPS) is 12.5. The van der Waals surface area contributed by atoms with Gasteiger partial charge in [0.25, 0.3) is 0 Å². The van der Waals surface area contributed by atoms with Gasteiger partial charge in [0.05, 0.1) is 18.9 Å². The van der Waals surface area contributed by atoms with Crippen molar-refractivity contribution in [2.45, 2.75) is 40.7 Å². The number of hydrogen-bond donors (Lipinski definition) is 0. The summed E-state index contributed by atoms with van der Waals surface area (Å²) in [5, 5.41) is 0. The van der Waals surface area contributed by atoms with Crippen molar-refractivity contribution in [1.29, 1.82) is 0 Å². The van der Waals surface area contributed by atoms with Gasteiger partial charge in [0.15, 0.2) is 0 Å². The molecule has 0 spiro atoms. The summed E-state index contributed by atoms with van der Waals surface area (Å²) in [7, 11) is 0.